The van der Waals surface area contributed by atoms with E-state index < -0.39 is 9.84 Å². The van der Waals surface area contributed by atoms with Crippen molar-refractivity contribution in [1.29, 1.82) is 0 Å². The van der Waals surface area contributed by atoms with Crippen LogP contribution in [0.4, 0.5) is 0 Å². The molecule has 0 aromatic heterocycles. The fourth-order valence-corrected chi connectivity index (χ4v) is 4.52. The normalized spacial score (nSPS) is 19.0. The first-order valence-corrected chi connectivity index (χ1v) is 10.4. The minimum atomic E-state index is -2.97. The van der Waals surface area contributed by atoms with Gasteiger partial charge in [0.05, 0.1) is 31.4 Å². The molecule has 1 aromatic rings. The molecule has 1 saturated heterocycles. The average molecular weight is 382 g/mol. The van der Waals surface area contributed by atoms with Gasteiger partial charge >= 0.3 is 0 Å². The fourth-order valence-electron chi connectivity index (χ4n) is 2.66. The lowest BCUT2D eigenvalue weighted by molar-refractivity contribution is -0.121. The van der Waals surface area contributed by atoms with Gasteiger partial charge in [0.1, 0.15) is 0 Å². The van der Waals surface area contributed by atoms with E-state index >= 15 is 0 Å². The Balaban J connectivity index is 1.88. The highest BCUT2D eigenvalue weighted by atomic mass is 32.2. The highest BCUT2D eigenvalue weighted by Gasteiger charge is 2.29. The molecular formula is C18H26N2O5S. The van der Waals surface area contributed by atoms with Crippen LogP contribution in [-0.4, -0.2) is 45.8 Å². The van der Waals surface area contributed by atoms with Gasteiger partial charge in [0.2, 0.25) is 5.91 Å². The van der Waals surface area contributed by atoms with Gasteiger partial charge in [-0.1, -0.05) is 13.8 Å². The van der Waals surface area contributed by atoms with E-state index in [0.717, 1.165) is 5.56 Å². The van der Waals surface area contributed by atoms with Crippen molar-refractivity contribution in [3.05, 3.63) is 23.8 Å². The minimum Gasteiger partial charge on any atom is -0.493 e. The van der Waals surface area contributed by atoms with Crippen molar-refractivity contribution in [2.24, 2.45) is 16.9 Å². The van der Waals surface area contributed by atoms with Crippen LogP contribution in [0, 0.1) is 11.8 Å². The molecule has 1 amide bonds. The van der Waals surface area contributed by atoms with Crippen LogP contribution < -0.4 is 14.9 Å². The standard InChI is InChI=1S/C18H26N2O5S/c1-13(2)11-25-16-5-4-14(8-17(16)24-3)10-19-20-18(21)9-15-6-7-26(22,23)12-15/h4-5,8,10,13,15H,6-7,9,11-12H2,1-3H3,(H,20,21)/b19-10-/t15-/m0/s1. The molecule has 0 bridgehead atoms. The fraction of sp³-hybridized carbons (Fsp3) is 0.556. The van der Waals surface area contributed by atoms with Crippen molar-refractivity contribution >= 4 is 22.0 Å². The van der Waals surface area contributed by atoms with Gasteiger partial charge in [-0.05, 0) is 42.0 Å². The van der Waals surface area contributed by atoms with E-state index in [9.17, 15) is 13.2 Å². The Morgan fingerprint density at radius 1 is 1.38 bits per heavy atom. The monoisotopic (exact) mass is 382 g/mol. The Morgan fingerprint density at radius 2 is 2.15 bits per heavy atom. The van der Waals surface area contributed by atoms with Gasteiger partial charge in [0, 0.05) is 6.42 Å². The molecular weight excluding hydrogens is 356 g/mol. The molecule has 0 aliphatic carbocycles. The summed E-state index contributed by atoms with van der Waals surface area (Å²) in [5.41, 5.74) is 3.19. The van der Waals surface area contributed by atoms with Gasteiger partial charge in [-0.2, -0.15) is 5.10 Å². The van der Waals surface area contributed by atoms with Crippen molar-refractivity contribution in [2.45, 2.75) is 26.7 Å². The molecule has 1 aliphatic rings. The number of hydrazone groups is 1. The molecule has 0 saturated carbocycles. The maximum Gasteiger partial charge on any atom is 0.240 e. The van der Waals surface area contributed by atoms with E-state index in [4.69, 9.17) is 9.47 Å². The number of amides is 1. The van der Waals surface area contributed by atoms with Crippen molar-refractivity contribution in [2.75, 3.05) is 25.2 Å². The lowest BCUT2D eigenvalue weighted by atomic mass is 10.1. The second-order valence-electron chi connectivity index (χ2n) is 6.88. The molecule has 7 nitrogen and oxygen atoms in total. The number of rotatable bonds is 8. The van der Waals surface area contributed by atoms with Gasteiger partial charge in [-0.15, -0.1) is 0 Å². The largest absolute Gasteiger partial charge is 0.493 e. The lowest BCUT2D eigenvalue weighted by Gasteiger charge is -2.12. The molecule has 0 unspecified atom stereocenters. The number of nitrogens with zero attached hydrogens (tertiary/aromatic N) is 1. The number of ether oxygens (including phenoxy) is 2. The van der Waals surface area contributed by atoms with E-state index in [-0.39, 0.29) is 29.8 Å². The Morgan fingerprint density at radius 3 is 2.77 bits per heavy atom. The first kappa shape index (κ1) is 20.2. The third-order valence-electron chi connectivity index (χ3n) is 3.96. The molecule has 1 heterocycles. The molecule has 8 heteroatoms. The smallest absolute Gasteiger partial charge is 0.240 e. The summed E-state index contributed by atoms with van der Waals surface area (Å²) < 4.78 is 33.8. The zero-order chi connectivity index (χ0) is 19.2. The van der Waals surface area contributed by atoms with E-state index in [0.29, 0.717) is 30.4 Å². The second kappa shape index (κ2) is 9.02. The number of hydrogen-bond donors (Lipinski definition) is 1. The molecule has 1 aromatic carbocycles. The summed E-state index contributed by atoms with van der Waals surface area (Å²) in [5, 5.41) is 3.93. The van der Waals surface area contributed by atoms with Gasteiger partial charge < -0.3 is 9.47 Å². The summed E-state index contributed by atoms with van der Waals surface area (Å²) in [7, 11) is -1.41. The van der Waals surface area contributed by atoms with Crippen LogP contribution in [-0.2, 0) is 14.6 Å². The molecule has 1 atom stereocenters. The van der Waals surface area contributed by atoms with Gasteiger partial charge in [-0.25, -0.2) is 13.8 Å². The van der Waals surface area contributed by atoms with Crippen molar-refractivity contribution < 1.29 is 22.7 Å². The van der Waals surface area contributed by atoms with E-state index in [2.05, 4.69) is 24.4 Å². The molecule has 26 heavy (non-hydrogen) atoms. The number of carbonyl (C=O) groups excluding carboxylic acids is 1. The number of nitrogens with one attached hydrogen (secondary N) is 1. The van der Waals surface area contributed by atoms with Crippen molar-refractivity contribution in [3.63, 3.8) is 0 Å². The summed E-state index contributed by atoms with van der Waals surface area (Å²) in [6.07, 6.45) is 2.22. The molecule has 0 spiro atoms. The number of benzene rings is 1. The number of methoxy groups -OCH3 is 1. The van der Waals surface area contributed by atoms with Crippen LogP contribution in [0.5, 0.6) is 11.5 Å². The molecule has 1 N–H and O–H groups in total. The van der Waals surface area contributed by atoms with Crippen LogP contribution >= 0.6 is 0 Å². The van der Waals surface area contributed by atoms with Crippen LogP contribution in [0.25, 0.3) is 0 Å². The summed E-state index contributed by atoms with van der Waals surface area (Å²) in [4.78, 5) is 11.9. The van der Waals surface area contributed by atoms with Gasteiger partial charge in [-0.3, -0.25) is 4.79 Å². The predicted octanol–water partition coefficient (Wildman–Crippen LogP) is 2.00. The third-order valence-corrected chi connectivity index (χ3v) is 5.80. The van der Waals surface area contributed by atoms with E-state index in [1.807, 2.05) is 6.07 Å². The summed E-state index contributed by atoms with van der Waals surface area (Å²) in [6.45, 7) is 4.73. The SMILES string of the molecule is COc1cc(/C=N\NC(=O)C[C@@H]2CCS(=O)(=O)C2)ccc1OCC(C)C. The first-order valence-electron chi connectivity index (χ1n) is 8.62. The zero-order valence-corrected chi connectivity index (χ0v) is 16.2. The molecule has 144 valence electrons. The first-order chi connectivity index (χ1) is 12.3. The summed E-state index contributed by atoms with van der Waals surface area (Å²) in [5.74, 6) is 1.51. The second-order valence-corrected chi connectivity index (χ2v) is 9.11. The number of hydrogen-bond acceptors (Lipinski definition) is 6. The third kappa shape index (κ3) is 6.33. The summed E-state index contributed by atoms with van der Waals surface area (Å²) >= 11 is 0. The number of carbonyl (C=O) groups is 1. The molecule has 2 rings (SSSR count). The van der Waals surface area contributed by atoms with Gasteiger partial charge in [0.15, 0.2) is 21.3 Å². The van der Waals surface area contributed by atoms with Crippen LogP contribution in [0.1, 0.15) is 32.3 Å². The molecule has 0 radical (unpaired) electrons. The topological polar surface area (TPSA) is 94.1 Å². The van der Waals surface area contributed by atoms with Gasteiger partial charge in [0.25, 0.3) is 0 Å². The Kier molecular flexibility index (Phi) is 7.02. The highest BCUT2D eigenvalue weighted by molar-refractivity contribution is 7.91. The molecule has 1 aliphatic heterocycles. The summed E-state index contributed by atoms with van der Waals surface area (Å²) in [6, 6.07) is 5.39. The lowest BCUT2D eigenvalue weighted by Crippen LogP contribution is -2.21. The predicted molar refractivity (Wildman–Crippen MR) is 100 cm³/mol. The Labute approximate surface area is 154 Å². The average Bonchev–Trinajstić information content (AvgIpc) is 2.91. The van der Waals surface area contributed by atoms with Crippen LogP contribution in [0.3, 0.4) is 0 Å². The Bertz CT molecular complexity index is 759. The zero-order valence-electron chi connectivity index (χ0n) is 15.4. The molecule has 1 fully saturated rings. The minimum absolute atomic E-state index is 0.0825. The number of sulfone groups is 1. The maximum absolute atomic E-state index is 11.9. The quantitative estimate of drug-likeness (QED) is 0.548. The van der Waals surface area contributed by atoms with Crippen LogP contribution in [0.15, 0.2) is 23.3 Å². The van der Waals surface area contributed by atoms with Crippen LogP contribution in [0.2, 0.25) is 0 Å². The Hall–Kier alpha value is -2.09. The van der Waals surface area contributed by atoms with E-state index in [1.165, 1.54) is 6.21 Å². The highest BCUT2D eigenvalue weighted by Crippen LogP contribution is 2.28. The van der Waals surface area contributed by atoms with E-state index in [1.54, 1.807) is 19.2 Å². The van der Waals surface area contributed by atoms with Crippen molar-refractivity contribution in [1.82, 2.24) is 5.43 Å². The maximum atomic E-state index is 11.9. The van der Waals surface area contributed by atoms with Crippen molar-refractivity contribution in [3.8, 4) is 11.5 Å².